The first-order valence-corrected chi connectivity index (χ1v) is 3.88. The maximum Gasteiger partial charge on any atom is 0.303 e. The molecule has 2 N–H and O–H groups in total. The monoisotopic (exact) mass is 157 g/mol. The van der Waals surface area contributed by atoms with Crippen LogP contribution in [0.15, 0.2) is 0 Å². The van der Waals surface area contributed by atoms with Gasteiger partial charge in [-0.3, -0.25) is 4.79 Å². The number of rotatable bonds is 3. The maximum atomic E-state index is 10.2. The van der Waals surface area contributed by atoms with Gasteiger partial charge in [-0.15, -0.1) is 0 Å². The molecule has 11 heavy (non-hydrogen) atoms. The zero-order chi connectivity index (χ0) is 8.10. The molecule has 0 aromatic rings. The zero-order valence-electron chi connectivity index (χ0n) is 6.42. The van der Waals surface area contributed by atoms with Crippen molar-refractivity contribution < 1.29 is 9.90 Å². The van der Waals surface area contributed by atoms with E-state index in [2.05, 4.69) is 10.6 Å². The van der Waals surface area contributed by atoms with Crippen LogP contribution < -0.4 is 10.6 Å². The Bertz CT molecular complexity index is 132. The molecule has 4 heteroatoms. The van der Waals surface area contributed by atoms with E-state index in [0.29, 0.717) is 6.42 Å². The second-order valence-corrected chi connectivity index (χ2v) is 2.70. The van der Waals surface area contributed by atoms with E-state index in [-0.39, 0.29) is 12.5 Å². The summed E-state index contributed by atoms with van der Waals surface area (Å²) in [5, 5.41) is 15.8. The molecule has 0 aliphatic carbocycles. The van der Waals surface area contributed by atoms with Gasteiger partial charge < -0.3 is 10.4 Å². The molecule has 1 unspecified atom stereocenters. The highest BCUT2D eigenvalue weighted by Crippen LogP contribution is 1.99. The molecule has 0 bridgehead atoms. The molecule has 0 saturated carbocycles. The highest BCUT2D eigenvalue weighted by atomic mass is 16.4. The van der Waals surface area contributed by atoms with Gasteiger partial charge in [-0.25, -0.2) is 5.32 Å². The standard InChI is InChI=1S/C7H13N2O2/c10-7(11)2-1-6-5-8-3-4-9-6/h6,8H,1-5H2,(H,10,11). The molecule has 0 spiro atoms. The third-order valence-corrected chi connectivity index (χ3v) is 1.75. The van der Waals surface area contributed by atoms with Crippen LogP contribution in [0, 0.1) is 0 Å². The van der Waals surface area contributed by atoms with Crippen LogP contribution in [-0.4, -0.2) is 36.8 Å². The topological polar surface area (TPSA) is 63.4 Å². The van der Waals surface area contributed by atoms with Gasteiger partial charge >= 0.3 is 5.97 Å². The van der Waals surface area contributed by atoms with E-state index in [1.807, 2.05) is 0 Å². The normalized spacial score (nSPS) is 24.9. The Hall–Kier alpha value is -0.610. The maximum absolute atomic E-state index is 10.2. The summed E-state index contributed by atoms with van der Waals surface area (Å²) in [6, 6.07) is 0.222. The number of hydrogen-bond acceptors (Lipinski definition) is 2. The minimum absolute atomic E-state index is 0.222. The third-order valence-electron chi connectivity index (χ3n) is 1.75. The number of aliphatic carboxylic acids is 1. The molecule has 1 heterocycles. The second-order valence-electron chi connectivity index (χ2n) is 2.70. The van der Waals surface area contributed by atoms with Crippen molar-refractivity contribution in [3.63, 3.8) is 0 Å². The van der Waals surface area contributed by atoms with Crippen molar-refractivity contribution in [1.82, 2.24) is 10.6 Å². The van der Waals surface area contributed by atoms with Gasteiger partial charge in [-0.05, 0) is 6.42 Å². The van der Waals surface area contributed by atoms with Crippen molar-refractivity contribution in [1.29, 1.82) is 0 Å². The van der Waals surface area contributed by atoms with E-state index in [9.17, 15) is 4.79 Å². The van der Waals surface area contributed by atoms with Crippen molar-refractivity contribution in [3.05, 3.63) is 0 Å². The molecule has 0 amide bonds. The minimum Gasteiger partial charge on any atom is -0.481 e. The molecule has 1 fully saturated rings. The van der Waals surface area contributed by atoms with Crippen LogP contribution in [0.3, 0.4) is 0 Å². The van der Waals surface area contributed by atoms with Crippen LogP contribution in [0.5, 0.6) is 0 Å². The van der Waals surface area contributed by atoms with Crippen LogP contribution in [-0.2, 0) is 4.79 Å². The SMILES string of the molecule is O=C(O)CCC1CNCC[N]1. The number of carboxylic acid groups (broad SMARTS) is 1. The van der Waals surface area contributed by atoms with Crippen molar-refractivity contribution in [2.75, 3.05) is 19.6 Å². The number of carboxylic acids is 1. The van der Waals surface area contributed by atoms with Crippen molar-refractivity contribution in [2.24, 2.45) is 0 Å². The van der Waals surface area contributed by atoms with Gasteiger partial charge in [-0.1, -0.05) is 0 Å². The summed E-state index contributed by atoms with van der Waals surface area (Å²) in [6.07, 6.45) is 0.901. The lowest BCUT2D eigenvalue weighted by Gasteiger charge is -2.21. The summed E-state index contributed by atoms with van der Waals surface area (Å²) < 4.78 is 0. The molecular formula is C7H13N2O2. The summed E-state index contributed by atoms with van der Waals surface area (Å²) >= 11 is 0. The van der Waals surface area contributed by atoms with E-state index in [1.165, 1.54) is 0 Å². The van der Waals surface area contributed by atoms with Gasteiger partial charge in [-0.2, -0.15) is 0 Å². The first-order chi connectivity index (χ1) is 5.29. The Balaban J connectivity index is 2.09. The van der Waals surface area contributed by atoms with Crippen molar-refractivity contribution in [3.8, 4) is 0 Å². The Morgan fingerprint density at radius 1 is 1.73 bits per heavy atom. The molecule has 1 aliphatic rings. The van der Waals surface area contributed by atoms with E-state index < -0.39 is 5.97 Å². The predicted octanol–water partition coefficient (Wildman–Crippen LogP) is -0.573. The van der Waals surface area contributed by atoms with E-state index in [0.717, 1.165) is 19.6 Å². The van der Waals surface area contributed by atoms with Crippen LogP contribution in [0.1, 0.15) is 12.8 Å². The predicted molar refractivity (Wildman–Crippen MR) is 40.5 cm³/mol. The quantitative estimate of drug-likeness (QED) is 0.576. The molecule has 63 valence electrons. The summed E-state index contributed by atoms with van der Waals surface area (Å²) in [7, 11) is 0. The number of nitrogens with one attached hydrogen (secondary N) is 1. The Kier molecular flexibility index (Phi) is 3.32. The van der Waals surface area contributed by atoms with Gasteiger partial charge in [0, 0.05) is 32.1 Å². The average molecular weight is 157 g/mol. The Morgan fingerprint density at radius 3 is 3.09 bits per heavy atom. The molecule has 1 aliphatic heterocycles. The average Bonchev–Trinajstić information content (AvgIpc) is 2.03. The van der Waals surface area contributed by atoms with Crippen LogP contribution in [0.25, 0.3) is 0 Å². The molecule has 1 rings (SSSR count). The van der Waals surface area contributed by atoms with Crippen molar-refractivity contribution >= 4 is 5.97 Å². The fraction of sp³-hybridized carbons (Fsp3) is 0.857. The Morgan fingerprint density at radius 2 is 2.55 bits per heavy atom. The molecule has 0 aromatic carbocycles. The van der Waals surface area contributed by atoms with Crippen LogP contribution in [0.2, 0.25) is 0 Å². The highest BCUT2D eigenvalue weighted by Gasteiger charge is 2.13. The number of nitrogens with zero attached hydrogens (tertiary/aromatic N) is 1. The lowest BCUT2D eigenvalue weighted by atomic mass is 10.1. The van der Waals surface area contributed by atoms with Crippen LogP contribution >= 0.6 is 0 Å². The first kappa shape index (κ1) is 8.49. The number of hydrogen-bond donors (Lipinski definition) is 2. The van der Waals surface area contributed by atoms with Gasteiger partial charge in [0.25, 0.3) is 0 Å². The van der Waals surface area contributed by atoms with Crippen molar-refractivity contribution in [2.45, 2.75) is 18.9 Å². The summed E-state index contributed by atoms with van der Waals surface area (Å²) in [5.74, 6) is -0.731. The molecule has 0 aromatic heterocycles. The molecular weight excluding hydrogens is 144 g/mol. The third kappa shape index (κ3) is 3.34. The van der Waals surface area contributed by atoms with E-state index in [1.54, 1.807) is 0 Å². The van der Waals surface area contributed by atoms with Gasteiger partial charge in [0.05, 0.1) is 0 Å². The largest absolute Gasteiger partial charge is 0.481 e. The number of carbonyl (C=O) groups is 1. The molecule has 1 atom stereocenters. The lowest BCUT2D eigenvalue weighted by molar-refractivity contribution is -0.137. The summed E-state index contributed by atoms with van der Waals surface area (Å²) in [4.78, 5) is 10.2. The highest BCUT2D eigenvalue weighted by molar-refractivity contribution is 5.66. The number of piperazine rings is 1. The lowest BCUT2D eigenvalue weighted by Crippen LogP contribution is -2.44. The fourth-order valence-corrected chi connectivity index (χ4v) is 1.14. The minimum atomic E-state index is -0.731. The van der Waals surface area contributed by atoms with E-state index in [4.69, 9.17) is 5.11 Å². The first-order valence-electron chi connectivity index (χ1n) is 3.88. The second kappa shape index (κ2) is 4.31. The summed E-state index contributed by atoms with van der Waals surface area (Å²) in [6.45, 7) is 2.60. The smallest absolute Gasteiger partial charge is 0.303 e. The van der Waals surface area contributed by atoms with Crippen LogP contribution in [0.4, 0.5) is 0 Å². The zero-order valence-corrected chi connectivity index (χ0v) is 6.42. The van der Waals surface area contributed by atoms with Gasteiger partial charge in [0.1, 0.15) is 0 Å². The van der Waals surface area contributed by atoms with Gasteiger partial charge in [0.2, 0.25) is 0 Å². The summed E-state index contributed by atoms with van der Waals surface area (Å²) in [5.41, 5.74) is 0. The fourth-order valence-electron chi connectivity index (χ4n) is 1.14. The molecule has 1 radical (unpaired) electrons. The van der Waals surface area contributed by atoms with Gasteiger partial charge in [0.15, 0.2) is 0 Å². The molecule has 4 nitrogen and oxygen atoms in total. The molecule has 1 saturated heterocycles. The van der Waals surface area contributed by atoms with E-state index >= 15 is 0 Å². The Labute approximate surface area is 66.0 Å².